The Morgan fingerprint density at radius 2 is 1.53 bits per heavy atom. The molecule has 32 heavy (non-hydrogen) atoms. The molecule has 2 N–H and O–H groups in total. The summed E-state index contributed by atoms with van der Waals surface area (Å²) in [5.74, 6) is 1.65. The summed E-state index contributed by atoms with van der Waals surface area (Å²) in [6, 6.07) is 26.4. The molecule has 1 unspecified atom stereocenters. The highest BCUT2D eigenvalue weighted by Crippen LogP contribution is 2.40. The van der Waals surface area contributed by atoms with Crippen molar-refractivity contribution in [3.05, 3.63) is 102 Å². The molecular formula is C27H28N4O. The third kappa shape index (κ3) is 4.47. The zero-order chi connectivity index (χ0) is 22.6. The summed E-state index contributed by atoms with van der Waals surface area (Å²) in [7, 11) is 0. The van der Waals surface area contributed by atoms with E-state index in [9.17, 15) is 0 Å². The zero-order valence-corrected chi connectivity index (χ0v) is 18.7. The Hall–Kier alpha value is -3.73. The topological polar surface area (TPSA) is 73.9 Å². The van der Waals surface area contributed by atoms with E-state index in [4.69, 9.17) is 10.5 Å². The zero-order valence-electron chi connectivity index (χ0n) is 18.7. The summed E-state index contributed by atoms with van der Waals surface area (Å²) in [5, 5.41) is 8.15. The van der Waals surface area contributed by atoms with Gasteiger partial charge < -0.3 is 10.5 Å². The average Bonchev–Trinajstić information content (AvgIpc) is 2.84. The first-order valence-electron chi connectivity index (χ1n) is 10.8. The Morgan fingerprint density at radius 3 is 2.09 bits per heavy atom. The fraction of sp³-hybridized carbons (Fsp3) is 0.222. The number of rotatable bonds is 7. The second-order valence-electron chi connectivity index (χ2n) is 8.41. The summed E-state index contributed by atoms with van der Waals surface area (Å²) in [6.07, 6.45) is 1.78. The third-order valence-electron chi connectivity index (χ3n) is 6.19. The molecule has 0 radical (unpaired) electrons. The number of benzene rings is 2. The quantitative estimate of drug-likeness (QED) is 0.414. The van der Waals surface area contributed by atoms with Crippen molar-refractivity contribution in [2.24, 2.45) is 5.92 Å². The van der Waals surface area contributed by atoms with Gasteiger partial charge >= 0.3 is 0 Å². The lowest BCUT2D eigenvalue weighted by molar-refractivity contribution is 0.301. The summed E-state index contributed by atoms with van der Waals surface area (Å²) in [4.78, 5) is 4.31. The van der Waals surface area contributed by atoms with E-state index < -0.39 is 0 Å². The van der Waals surface area contributed by atoms with Crippen LogP contribution in [-0.4, -0.2) is 15.2 Å². The number of anilines is 1. The van der Waals surface area contributed by atoms with Crippen molar-refractivity contribution in [1.29, 1.82) is 0 Å². The molecule has 162 valence electrons. The Kier molecular flexibility index (Phi) is 6.17. The van der Waals surface area contributed by atoms with Gasteiger partial charge in [-0.15, -0.1) is 10.2 Å². The molecule has 5 heteroatoms. The van der Waals surface area contributed by atoms with Gasteiger partial charge in [0.25, 0.3) is 0 Å². The van der Waals surface area contributed by atoms with Crippen LogP contribution in [0.4, 0.5) is 5.82 Å². The molecule has 0 amide bonds. The van der Waals surface area contributed by atoms with E-state index in [1.807, 2.05) is 36.4 Å². The lowest BCUT2D eigenvalue weighted by atomic mass is 9.68. The standard InChI is InChI=1S/C27H28N4O/c1-19(2)27(3,21-9-7-20(8-10-21)25-15-16-26(28)31-30-25)22-11-13-24(14-12-22)32-18-23-6-4-5-17-29-23/h4-17,19H,18H2,1-3H3,(H2,28,31). The molecule has 0 aliphatic heterocycles. The van der Waals surface area contributed by atoms with Gasteiger partial charge in [-0.25, -0.2) is 0 Å². The second kappa shape index (κ2) is 9.18. The van der Waals surface area contributed by atoms with E-state index in [-0.39, 0.29) is 5.41 Å². The fourth-order valence-corrected chi connectivity index (χ4v) is 3.86. The molecule has 0 bridgehead atoms. The van der Waals surface area contributed by atoms with Crippen molar-refractivity contribution < 1.29 is 4.74 Å². The van der Waals surface area contributed by atoms with E-state index in [0.29, 0.717) is 18.3 Å². The van der Waals surface area contributed by atoms with Gasteiger partial charge in [0.2, 0.25) is 0 Å². The van der Waals surface area contributed by atoms with Gasteiger partial charge in [-0.2, -0.15) is 0 Å². The summed E-state index contributed by atoms with van der Waals surface area (Å²) < 4.78 is 5.91. The van der Waals surface area contributed by atoms with E-state index in [0.717, 1.165) is 22.7 Å². The number of hydrogen-bond donors (Lipinski definition) is 1. The first kappa shape index (κ1) is 21.5. The molecular weight excluding hydrogens is 396 g/mol. The number of pyridine rings is 1. The second-order valence-corrected chi connectivity index (χ2v) is 8.41. The number of ether oxygens (including phenoxy) is 1. The summed E-state index contributed by atoms with van der Waals surface area (Å²) >= 11 is 0. The predicted octanol–water partition coefficient (Wildman–Crippen LogP) is 5.66. The summed E-state index contributed by atoms with van der Waals surface area (Å²) in [5.41, 5.74) is 10.8. The lowest BCUT2D eigenvalue weighted by Crippen LogP contribution is -2.30. The average molecular weight is 425 g/mol. The fourth-order valence-electron chi connectivity index (χ4n) is 3.86. The molecule has 0 aliphatic carbocycles. The van der Waals surface area contributed by atoms with Crippen LogP contribution in [0.25, 0.3) is 11.3 Å². The number of nitrogens with two attached hydrogens (primary N) is 1. The van der Waals surface area contributed by atoms with Gasteiger partial charge in [-0.05, 0) is 53.4 Å². The highest BCUT2D eigenvalue weighted by Gasteiger charge is 2.32. The first-order chi connectivity index (χ1) is 15.5. The van der Waals surface area contributed by atoms with Gasteiger partial charge in [-0.1, -0.05) is 63.2 Å². The molecule has 0 spiro atoms. The van der Waals surface area contributed by atoms with E-state index >= 15 is 0 Å². The van der Waals surface area contributed by atoms with Crippen molar-refractivity contribution in [1.82, 2.24) is 15.2 Å². The van der Waals surface area contributed by atoms with Crippen LogP contribution < -0.4 is 10.5 Å². The van der Waals surface area contributed by atoms with Crippen LogP contribution in [0.3, 0.4) is 0 Å². The van der Waals surface area contributed by atoms with Crippen LogP contribution in [0.5, 0.6) is 5.75 Å². The molecule has 2 aromatic heterocycles. The van der Waals surface area contributed by atoms with Crippen molar-refractivity contribution >= 4 is 5.82 Å². The molecule has 0 aliphatic rings. The smallest absolute Gasteiger partial charge is 0.146 e. The molecule has 5 nitrogen and oxygen atoms in total. The minimum absolute atomic E-state index is 0.148. The van der Waals surface area contributed by atoms with E-state index in [1.54, 1.807) is 12.3 Å². The molecule has 1 atom stereocenters. The van der Waals surface area contributed by atoms with Gasteiger partial charge in [0.1, 0.15) is 18.2 Å². The highest BCUT2D eigenvalue weighted by molar-refractivity contribution is 5.60. The van der Waals surface area contributed by atoms with Crippen LogP contribution in [0.1, 0.15) is 37.6 Å². The predicted molar refractivity (Wildman–Crippen MR) is 128 cm³/mol. The van der Waals surface area contributed by atoms with Crippen molar-refractivity contribution in [3.8, 4) is 17.0 Å². The molecule has 2 aromatic carbocycles. The van der Waals surface area contributed by atoms with Gasteiger partial charge in [0, 0.05) is 17.2 Å². The van der Waals surface area contributed by atoms with E-state index in [1.165, 1.54) is 11.1 Å². The number of nitrogens with zero attached hydrogens (tertiary/aromatic N) is 3. The minimum atomic E-state index is -0.148. The van der Waals surface area contributed by atoms with Gasteiger partial charge in [0.15, 0.2) is 0 Å². The van der Waals surface area contributed by atoms with Crippen LogP contribution in [0, 0.1) is 5.92 Å². The number of aromatic nitrogens is 3. The van der Waals surface area contributed by atoms with Crippen molar-refractivity contribution in [3.63, 3.8) is 0 Å². The number of hydrogen-bond acceptors (Lipinski definition) is 5. The van der Waals surface area contributed by atoms with Crippen LogP contribution in [-0.2, 0) is 12.0 Å². The Bertz CT molecular complexity index is 1140. The molecule has 4 aromatic rings. The third-order valence-corrected chi connectivity index (χ3v) is 6.19. The van der Waals surface area contributed by atoms with Crippen molar-refractivity contribution in [2.45, 2.75) is 32.8 Å². The molecule has 4 rings (SSSR count). The van der Waals surface area contributed by atoms with Crippen molar-refractivity contribution in [2.75, 3.05) is 5.73 Å². The molecule has 0 fully saturated rings. The summed E-state index contributed by atoms with van der Waals surface area (Å²) in [6.45, 7) is 7.26. The Labute approximate surface area is 189 Å². The minimum Gasteiger partial charge on any atom is -0.487 e. The van der Waals surface area contributed by atoms with Gasteiger partial charge in [0.05, 0.1) is 11.4 Å². The maximum atomic E-state index is 5.91. The maximum absolute atomic E-state index is 5.91. The van der Waals surface area contributed by atoms with Crippen LogP contribution in [0.15, 0.2) is 85.1 Å². The lowest BCUT2D eigenvalue weighted by Gasteiger charge is -2.35. The monoisotopic (exact) mass is 424 g/mol. The van der Waals surface area contributed by atoms with Crippen LogP contribution in [0.2, 0.25) is 0 Å². The Morgan fingerprint density at radius 1 is 0.844 bits per heavy atom. The molecule has 0 saturated heterocycles. The largest absolute Gasteiger partial charge is 0.487 e. The van der Waals surface area contributed by atoms with E-state index in [2.05, 4.69) is 72.4 Å². The van der Waals surface area contributed by atoms with Gasteiger partial charge in [-0.3, -0.25) is 4.98 Å². The Balaban J connectivity index is 1.55. The van der Waals surface area contributed by atoms with Crippen LogP contribution >= 0.6 is 0 Å². The highest BCUT2D eigenvalue weighted by atomic mass is 16.5. The first-order valence-corrected chi connectivity index (χ1v) is 10.8. The SMILES string of the molecule is CC(C)C(C)(c1ccc(OCc2ccccn2)cc1)c1ccc(-c2ccc(N)nn2)cc1. The number of nitrogen functional groups attached to an aromatic ring is 1. The molecule has 2 heterocycles. The molecule has 0 saturated carbocycles. The maximum Gasteiger partial charge on any atom is 0.146 e. The normalized spacial score (nSPS) is 13.0.